The number of nitrogens with one attached hydrogen (secondary N) is 5. The number of phenols is 1. The number of unbranched alkanes of at least 4 members (excludes halogenated alkanes) is 1. The highest BCUT2D eigenvalue weighted by atomic mass is 16.4. The van der Waals surface area contributed by atoms with Crippen molar-refractivity contribution >= 4 is 35.5 Å². The Hall–Kier alpha value is -5.02. The van der Waals surface area contributed by atoms with Crippen molar-refractivity contribution in [2.75, 3.05) is 13.1 Å². The topological polar surface area (TPSA) is 255 Å². The van der Waals surface area contributed by atoms with Gasteiger partial charge < -0.3 is 48.3 Å². The van der Waals surface area contributed by atoms with Crippen LogP contribution in [0.3, 0.4) is 0 Å². The number of rotatable bonds is 19. The zero-order valence-corrected chi connectivity index (χ0v) is 26.7. The van der Waals surface area contributed by atoms with Crippen molar-refractivity contribution in [2.24, 2.45) is 11.5 Å². The molecular weight excluding hydrogens is 622 g/mol. The third-order valence-corrected chi connectivity index (χ3v) is 7.90. The Bertz CT molecular complexity index is 1400. The van der Waals surface area contributed by atoms with Crippen molar-refractivity contribution in [1.82, 2.24) is 26.6 Å². The maximum Gasteiger partial charge on any atom is 0.326 e. The van der Waals surface area contributed by atoms with Crippen LogP contribution in [0.2, 0.25) is 0 Å². The van der Waals surface area contributed by atoms with Gasteiger partial charge in [0.15, 0.2) is 0 Å². The molecule has 1 heterocycles. The molecule has 0 aromatic heterocycles. The van der Waals surface area contributed by atoms with Crippen LogP contribution in [0.1, 0.15) is 49.7 Å². The molecule has 1 fully saturated rings. The van der Waals surface area contributed by atoms with E-state index in [1.165, 1.54) is 12.1 Å². The fraction of sp³-hybridized carbons (Fsp3) is 0.455. The first-order valence-electron chi connectivity index (χ1n) is 15.9. The van der Waals surface area contributed by atoms with E-state index in [0.717, 1.165) is 6.42 Å². The van der Waals surface area contributed by atoms with Crippen molar-refractivity contribution in [3.8, 4) is 5.75 Å². The van der Waals surface area contributed by atoms with E-state index in [4.69, 9.17) is 11.5 Å². The van der Waals surface area contributed by atoms with Crippen molar-refractivity contribution in [2.45, 2.75) is 81.6 Å². The molecular formula is C33H45N7O8. The number of aromatic hydroxyl groups is 1. The van der Waals surface area contributed by atoms with Crippen molar-refractivity contribution in [3.05, 3.63) is 65.7 Å². The van der Waals surface area contributed by atoms with E-state index in [1.54, 1.807) is 42.5 Å². The second kappa shape index (κ2) is 19.0. The molecule has 15 heteroatoms. The Morgan fingerprint density at radius 2 is 1.33 bits per heavy atom. The summed E-state index contributed by atoms with van der Waals surface area (Å²) in [6.07, 6.45) is 1.81. The molecule has 1 aliphatic heterocycles. The van der Waals surface area contributed by atoms with Gasteiger partial charge in [-0.05, 0) is 68.5 Å². The maximum atomic E-state index is 13.8. The van der Waals surface area contributed by atoms with Gasteiger partial charge in [0.25, 0.3) is 0 Å². The number of phenolic OH excluding ortho intramolecular Hbond substituents is 1. The number of aliphatic carboxylic acids is 1. The second-order valence-corrected chi connectivity index (χ2v) is 11.7. The predicted molar refractivity (Wildman–Crippen MR) is 175 cm³/mol. The third kappa shape index (κ3) is 12.3. The first-order valence-corrected chi connectivity index (χ1v) is 15.9. The van der Waals surface area contributed by atoms with Gasteiger partial charge in [-0.15, -0.1) is 0 Å². The largest absolute Gasteiger partial charge is 0.508 e. The number of carboxylic acids is 1. The molecule has 5 amide bonds. The van der Waals surface area contributed by atoms with Gasteiger partial charge in [-0.1, -0.05) is 42.5 Å². The molecule has 0 bridgehead atoms. The predicted octanol–water partition coefficient (Wildman–Crippen LogP) is -1.04. The molecule has 48 heavy (non-hydrogen) atoms. The van der Waals surface area contributed by atoms with E-state index in [0.29, 0.717) is 43.5 Å². The quantitative estimate of drug-likeness (QED) is 0.0822. The zero-order chi connectivity index (χ0) is 35.1. The number of hydrogen-bond acceptors (Lipinski definition) is 9. The normalized spacial score (nSPS) is 16.5. The number of benzene rings is 2. The molecule has 5 atom stereocenters. The van der Waals surface area contributed by atoms with Crippen molar-refractivity contribution < 1.29 is 39.0 Å². The number of carbonyl (C=O) groups is 6. The average molecular weight is 668 g/mol. The minimum Gasteiger partial charge on any atom is -0.508 e. The minimum absolute atomic E-state index is 0.0236. The molecule has 0 radical (unpaired) electrons. The van der Waals surface area contributed by atoms with E-state index in [1.807, 2.05) is 0 Å². The summed E-state index contributed by atoms with van der Waals surface area (Å²) in [5.41, 5.74) is 12.1. The zero-order valence-electron chi connectivity index (χ0n) is 26.7. The molecule has 260 valence electrons. The Morgan fingerprint density at radius 3 is 1.90 bits per heavy atom. The Labute approximate surface area is 278 Å². The number of carboxylic acid groups (broad SMARTS) is 1. The molecule has 0 saturated carbocycles. The lowest BCUT2D eigenvalue weighted by atomic mass is 10.0. The van der Waals surface area contributed by atoms with Crippen LogP contribution in [0.15, 0.2) is 54.6 Å². The fourth-order valence-electron chi connectivity index (χ4n) is 5.29. The highest BCUT2D eigenvalue weighted by molar-refractivity contribution is 5.97. The molecule has 3 rings (SSSR count). The summed E-state index contributed by atoms with van der Waals surface area (Å²) in [5, 5.41) is 32.7. The summed E-state index contributed by atoms with van der Waals surface area (Å²) in [7, 11) is 0. The smallest absolute Gasteiger partial charge is 0.326 e. The molecule has 2 aromatic carbocycles. The lowest BCUT2D eigenvalue weighted by Gasteiger charge is -2.26. The number of nitrogens with two attached hydrogens (primary N) is 2. The van der Waals surface area contributed by atoms with Gasteiger partial charge in [-0.3, -0.25) is 24.0 Å². The summed E-state index contributed by atoms with van der Waals surface area (Å²) >= 11 is 0. The van der Waals surface area contributed by atoms with Crippen LogP contribution in [-0.2, 0) is 41.6 Å². The van der Waals surface area contributed by atoms with Gasteiger partial charge in [0.05, 0.1) is 12.5 Å². The Kier molecular flexibility index (Phi) is 14.8. The van der Waals surface area contributed by atoms with E-state index in [-0.39, 0.29) is 30.9 Å². The second-order valence-electron chi connectivity index (χ2n) is 11.7. The van der Waals surface area contributed by atoms with E-state index in [9.17, 15) is 39.0 Å². The highest BCUT2D eigenvalue weighted by Crippen LogP contribution is 2.13. The number of primary amides is 1. The van der Waals surface area contributed by atoms with E-state index in [2.05, 4.69) is 26.6 Å². The van der Waals surface area contributed by atoms with Crippen LogP contribution < -0.4 is 38.1 Å². The van der Waals surface area contributed by atoms with Crippen LogP contribution in [0.5, 0.6) is 5.75 Å². The molecule has 0 spiro atoms. The Morgan fingerprint density at radius 1 is 0.771 bits per heavy atom. The standard InChI is InChI=1S/C33H45N7O8/c34-15-5-4-9-24(33(47)48)37-32(46)27(19-28(35)42)40-31(45)25(17-20-7-2-1-3-8-20)39-30(44)26(18-21-11-13-22(41)14-12-21)38-29(43)23-10-6-16-36-23/h1-3,7-8,11-14,23-27,36,41H,4-6,9-10,15-19,34H2,(H2,35,42)(H,37,46)(H,38,43)(H,39,44)(H,40,45)(H,47,48)/t23-,24-,25-,26-,27-/m0/s1. The highest BCUT2D eigenvalue weighted by Gasteiger charge is 2.33. The summed E-state index contributed by atoms with van der Waals surface area (Å²) in [5.74, 6) is -5.04. The fourth-order valence-corrected chi connectivity index (χ4v) is 5.29. The molecule has 1 saturated heterocycles. The first kappa shape index (κ1) is 37.4. The average Bonchev–Trinajstić information content (AvgIpc) is 3.60. The molecule has 1 aliphatic rings. The number of carbonyl (C=O) groups excluding carboxylic acids is 5. The Balaban J connectivity index is 1.84. The molecule has 0 aliphatic carbocycles. The maximum absolute atomic E-state index is 13.8. The van der Waals surface area contributed by atoms with Crippen LogP contribution >= 0.6 is 0 Å². The van der Waals surface area contributed by atoms with Gasteiger partial charge in [0.2, 0.25) is 29.5 Å². The van der Waals surface area contributed by atoms with Gasteiger partial charge in [0.1, 0.15) is 29.9 Å². The summed E-state index contributed by atoms with van der Waals surface area (Å²) in [6, 6.07) is 9.13. The van der Waals surface area contributed by atoms with Crippen LogP contribution in [0, 0.1) is 0 Å². The van der Waals surface area contributed by atoms with Gasteiger partial charge in [-0.2, -0.15) is 0 Å². The van der Waals surface area contributed by atoms with Gasteiger partial charge >= 0.3 is 5.97 Å². The van der Waals surface area contributed by atoms with Crippen LogP contribution in [0.4, 0.5) is 0 Å². The summed E-state index contributed by atoms with van der Waals surface area (Å²) in [6.45, 7) is 0.999. The molecule has 11 N–H and O–H groups in total. The first-order chi connectivity index (χ1) is 23.0. The number of hydrogen-bond donors (Lipinski definition) is 9. The minimum atomic E-state index is -1.54. The van der Waals surface area contributed by atoms with E-state index < -0.39 is 66.2 Å². The van der Waals surface area contributed by atoms with Crippen LogP contribution in [0.25, 0.3) is 0 Å². The van der Waals surface area contributed by atoms with Gasteiger partial charge in [0, 0.05) is 12.8 Å². The summed E-state index contributed by atoms with van der Waals surface area (Å²) < 4.78 is 0. The van der Waals surface area contributed by atoms with E-state index >= 15 is 0 Å². The molecule has 15 nitrogen and oxygen atoms in total. The lowest BCUT2D eigenvalue weighted by molar-refractivity contribution is -0.142. The molecule has 2 aromatic rings. The van der Waals surface area contributed by atoms with Crippen molar-refractivity contribution in [3.63, 3.8) is 0 Å². The van der Waals surface area contributed by atoms with Crippen molar-refractivity contribution in [1.29, 1.82) is 0 Å². The van der Waals surface area contributed by atoms with Gasteiger partial charge in [-0.25, -0.2) is 4.79 Å². The monoisotopic (exact) mass is 667 g/mol. The molecule has 0 unspecified atom stereocenters. The SMILES string of the molecule is NCCCC[C@H](NC(=O)[C@H](CC(N)=O)NC(=O)[C@H](Cc1ccccc1)NC(=O)[C@H](Cc1ccc(O)cc1)NC(=O)[C@@H]1CCCN1)C(=O)O. The number of amides is 5. The van der Waals surface area contributed by atoms with Crippen LogP contribution in [-0.4, -0.2) is 89.0 Å². The summed E-state index contributed by atoms with van der Waals surface area (Å²) in [4.78, 5) is 77.4. The third-order valence-electron chi connectivity index (χ3n) is 7.90. The lowest BCUT2D eigenvalue weighted by Crippen LogP contribution is -2.59.